The molecule has 1 radical (unpaired) electrons. The normalized spacial score (nSPS) is 9.09. The molecule has 0 aromatic carbocycles. The van der Waals surface area contributed by atoms with E-state index in [0.29, 0.717) is 5.82 Å². The van der Waals surface area contributed by atoms with Gasteiger partial charge in [-0.05, 0) is 5.82 Å². The molecule has 4 nitrogen and oxygen atoms in total. The van der Waals surface area contributed by atoms with Gasteiger partial charge in [0.05, 0.1) is 6.20 Å². The molecular formula is C5H3IrN4S-. The Kier molecular flexibility index (Phi) is 2.87. The average Bonchev–Trinajstić information content (AvgIpc) is 2.59. The van der Waals surface area contributed by atoms with E-state index in [2.05, 4.69) is 20.8 Å². The summed E-state index contributed by atoms with van der Waals surface area (Å²) in [5, 5.41) is 9.15. The molecule has 0 bridgehead atoms. The van der Waals surface area contributed by atoms with E-state index in [1.165, 1.54) is 11.5 Å². The first kappa shape index (κ1) is 8.52. The molecule has 11 heavy (non-hydrogen) atoms. The zero-order valence-electron chi connectivity index (χ0n) is 5.26. The van der Waals surface area contributed by atoms with Gasteiger partial charge < -0.3 is 6.07 Å². The standard InChI is InChI=1S/C5H3N4S.Ir/c1-4-10-7-5(1)9-3-2-6-8-9;/h2-4H;/q-1;. The Morgan fingerprint density at radius 2 is 2.45 bits per heavy atom. The van der Waals surface area contributed by atoms with Crippen LogP contribution >= 0.6 is 11.5 Å². The van der Waals surface area contributed by atoms with E-state index >= 15 is 0 Å². The van der Waals surface area contributed by atoms with Crippen molar-refractivity contribution >= 4 is 11.5 Å². The van der Waals surface area contributed by atoms with E-state index in [1.807, 2.05) is 0 Å². The first-order valence-electron chi connectivity index (χ1n) is 2.65. The molecule has 0 saturated heterocycles. The molecule has 2 heterocycles. The van der Waals surface area contributed by atoms with Gasteiger partial charge in [0, 0.05) is 26.3 Å². The van der Waals surface area contributed by atoms with Gasteiger partial charge in [0.2, 0.25) is 0 Å². The quantitative estimate of drug-likeness (QED) is 0.709. The third-order valence-corrected chi connectivity index (χ3v) is 1.52. The molecule has 0 aliphatic heterocycles. The molecule has 0 aliphatic carbocycles. The van der Waals surface area contributed by atoms with Crippen LogP contribution in [0.3, 0.4) is 0 Å². The molecule has 0 amide bonds. The molecule has 2 aromatic rings. The maximum atomic E-state index is 4.01. The number of hydrogen-bond acceptors (Lipinski definition) is 4. The second-order valence-corrected chi connectivity index (χ2v) is 2.26. The van der Waals surface area contributed by atoms with E-state index in [1.54, 1.807) is 22.5 Å². The molecule has 6 heteroatoms. The fraction of sp³-hybridized carbons (Fsp3) is 0. The molecule has 0 saturated carbocycles. The smallest absolute Gasteiger partial charge is 0.0697 e. The summed E-state index contributed by atoms with van der Waals surface area (Å²) in [4.78, 5) is 0. The number of hydrogen-bond donors (Lipinski definition) is 0. The van der Waals surface area contributed by atoms with Crippen LogP contribution < -0.4 is 0 Å². The Hall–Kier alpha value is -0.581. The SMILES string of the molecule is [Ir].[c-]1csnc1-n1ccnn1. The summed E-state index contributed by atoms with van der Waals surface area (Å²) in [6.07, 6.45) is 3.33. The fourth-order valence-corrected chi connectivity index (χ4v) is 1.06. The van der Waals surface area contributed by atoms with Crippen LogP contribution in [-0.2, 0) is 20.1 Å². The first-order valence-corrected chi connectivity index (χ1v) is 3.49. The Bertz CT molecular complexity index is 258. The zero-order chi connectivity index (χ0) is 6.81. The van der Waals surface area contributed by atoms with Crippen molar-refractivity contribution in [2.24, 2.45) is 0 Å². The molecule has 0 N–H and O–H groups in total. The first-order chi connectivity index (χ1) is 4.97. The Labute approximate surface area is 80.8 Å². The minimum atomic E-state index is 0. The van der Waals surface area contributed by atoms with E-state index in [9.17, 15) is 0 Å². The van der Waals surface area contributed by atoms with Gasteiger partial charge in [-0.1, -0.05) is 16.7 Å². The summed E-state index contributed by atoms with van der Waals surface area (Å²) in [6.45, 7) is 0. The number of aromatic nitrogens is 4. The van der Waals surface area contributed by atoms with Crippen molar-refractivity contribution in [1.82, 2.24) is 19.4 Å². The van der Waals surface area contributed by atoms with Crippen LogP contribution in [0.5, 0.6) is 0 Å². The molecule has 0 spiro atoms. The molecule has 2 aromatic heterocycles. The molecule has 0 atom stereocenters. The number of nitrogens with zero attached hydrogens (tertiary/aromatic N) is 4. The summed E-state index contributed by atoms with van der Waals surface area (Å²) in [5.41, 5.74) is 0. The van der Waals surface area contributed by atoms with Gasteiger partial charge in [-0.25, -0.2) is 9.06 Å². The third-order valence-electron chi connectivity index (χ3n) is 1.02. The topological polar surface area (TPSA) is 43.6 Å². The molecule has 59 valence electrons. The maximum Gasteiger partial charge on any atom is 0.0697 e. The van der Waals surface area contributed by atoms with Crippen molar-refractivity contribution in [3.8, 4) is 5.82 Å². The summed E-state index contributed by atoms with van der Waals surface area (Å²) < 4.78 is 5.57. The van der Waals surface area contributed by atoms with Crippen molar-refractivity contribution in [2.75, 3.05) is 0 Å². The fourth-order valence-electron chi connectivity index (χ4n) is 0.611. The summed E-state index contributed by atoms with van der Waals surface area (Å²) in [7, 11) is 0. The average molecular weight is 343 g/mol. The Morgan fingerprint density at radius 1 is 1.55 bits per heavy atom. The molecule has 0 unspecified atom stereocenters. The second-order valence-electron chi connectivity index (χ2n) is 1.63. The monoisotopic (exact) mass is 344 g/mol. The van der Waals surface area contributed by atoms with Crippen molar-refractivity contribution in [2.45, 2.75) is 0 Å². The minimum Gasteiger partial charge on any atom is -0.412 e. The van der Waals surface area contributed by atoms with Gasteiger partial charge in [-0.2, -0.15) is 5.38 Å². The van der Waals surface area contributed by atoms with E-state index < -0.39 is 0 Å². The van der Waals surface area contributed by atoms with Crippen molar-refractivity contribution in [3.63, 3.8) is 0 Å². The van der Waals surface area contributed by atoms with Gasteiger partial charge in [-0.15, -0.1) is 5.10 Å². The summed E-state index contributed by atoms with van der Waals surface area (Å²) in [5.74, 6) is 0.697. The van der Waals surface area contributed by atoms with Crippen LogP contribution in [-0.4, -0.2) is 19.4 Å². The van der Waals surface area contributed by atoms with Crippen LogP contribution in [0.1, 0.15) is 0 Å². The van der Waals surface area contributed by atoms with E-state index in [-0.39, 0.29) is 20.1 Å². The minimum absolute atomic E-state index is 0. The molecular weight excluding hydrogens is 340 g/mol. The van der Waals surface area contributed by atoms with Crippen LogP contribution in [0, 0.1) is 6.07 Å². The van der Waals surface area contributed by atoms with Gasteiger partial charge in [0.1, 0.15) is 0 Å². The van der Waals surface area contributed by atoms with Crippen LogP contribution in [0.2, 0.25) is 0 Å². The van der Waals surface area contributed by atoms with Crippen LogP contribution in [0.15, 0.2) is 17.8 Å². The zero-order valence-corrected chi connectivity index (χ0v) is 8.47. The summed E-state index contributed by atoms with van der Waals surface area (Å²) in [6, 6.07) is 2.91. The van der Waals surface area contributed by atoms with Gasteiger partial charge >= 0.3 is 0 Å². The number of rotatable bonds is 1. The Balaban J connectivity index is 0.000000605. The van der Waals surface area contributed by atoms with Gasteiger partial charge in [0.15, 0.2) is 0 Å². The van der Waals surface area contributed by atoms with Crippen LogP contribution in [0.4, 0.5) is 0 Å². The molecule has 0 aliphatic rings. The van der Waals surface area contributed by atoms with Crippen molar-refractivity contribution < 1.29 is 20.1 Å². The predicted octanol–water partition coefficient (Wildman–Crippen LogP) is 0.521. The van der Waals surface area contributed by atoms with E-state index in [4.69, 9.17) is 0 Å². The molecule has 2 rings (SSSR count). The van der Waals surface area contributed by atoms with Crippen molar-refractivity contribution in [1.29, 1.82) is 0 Å². The van der Waals surface area contributed by atoms with Gasteiger partial charge in [0.25, 0.3) is 0 Å². The predicted molar refractivity (Wildman–Crippen MR) is 35.9 cm³/mol. The maximum absolute atomic E-state index is 4.01. The van der Waals surface area contributed by atoms with Crippen LogP contribution in [0.25, 0.3) is 5.82 Å². The third kappa shape index (κ3) is 1.71. The van der Waals surface area contributed by atoms with E-state index in [0.717, 1.165) is 0 Å². The van der Waals surface area contributed by atoms with Gasteiger partial charge in [-0.3, -0.25) is 0 Å². The Morgan fingerprint density at radius 3 is 3.00 bits per heavy atom. The largest absolute Gasteiger partial charge is 0.412 e. The van der Waals surface area contributed by atoms with Crippen molar-refractivity contribution in [3.05, 3.63) is 23.8 Å². The second kappa shape index (κ2) is 3.71. The molecule has 0 fully saturated rings. The summed E-state index contributed by atoms with van der Waals surface area (Å²) >= 11 is 1.34.